The molecule has 7 rings (SSSR count). The van der Waals surface area contributed by atoms with E-state index in [4.69, 9.17) is 14.6 Å². The Morgan fingerprint density at radius 2 is 0.980 bits per heavy atom. The first-order valence-corrected chi connectivity index (χ1v) is 17.6. The summed E-state index contributed by atoms with van der Waals surface area (Å²) in [6.07, 6.45) is 8.03. The maximum absolute atomic E-state index is 13.4. The van der Waals surface area contributed by atoms with Crippen molar-refractivity contribution in [3.8, 4) is 39.3 Å². The lowest BCUT2D eigenvalue weighted by molar-refractivity contribution is 0.540. The van der Waals surface area contributed by atoms with Crippen LogP contribution in [-0.4, -0.2) is 24.1 Å². The molecule has 7 aromatic rings. The zero-order chi connectivity index (χ0) is 35.3. The first kappa shape index (κ1) is 33.1. The number of fused-ring (bicyclic) bond motifs is 1. The molecule has 4 aromatic carbocycles. The Hall–Kier alpha value is -5.43. The van der Waals surface area contributed by atoms with Gasteiger partial charge >= 0.3 is 5.76 Å². The van der Waals surface area contributed by atoms with Gasteiger partial charge in [0, 0.05) is 23.5 Å². The number of hydrogen-bond donors (Lipinski definition) is 0. The van der Waals surface area contributed by atoms with Crippen LogP contribution in [0.2, 0.25) is 0 Å². The number of hydrogen-bond acceptors (Lipinski definition) is 4. The predicted octanol–water partition coefficient (Wildman–Crippen LogP) is 10.8. The molecule has 0 aliphatic carbocycles. The molecule has 50 heavy (non-hydrogen) atoms. The summed E-state index contributed by atoms with van der Waals surface area (Å²) in [6.45, 7) is 17.8. The quantitative estimate of drug-likeness (QED) is 0.154. The highest BCUT2D eigenvalue weighted by molar-refractivity contribution is 5.79. The molecule has 0 saturated heterocycles. The maximum atomic E-state index is 13.4. The van der Waals surface area contributed by atoms with Crippen LogP contribution in [0.1, 0.15) is 101 Å². The smallest absolute Gasteiger partial charge is 0.407 e. The van der Waals surface area contributed by atoms with E-state index in [2.05, 4.69) is 104 Å². The highest BCUT2D eigenvalue weighted by Gasteiger charge is 2.20. The third-order valence-corrected chi connectivity index (χ3v) is 9.67. The van der Waals surface area contributed by atoms with Crippen LogP contribution in [0.15, 0.2) is 113 Å². The van der Waals surface area contributed by atoms with E-state index in [1.54, 1.807) is 4.57 Å². The van der Waals surface area contributed by atoms with Gasteiger partial charge in [0.25, 0.3) is 0 Å². The van der Waals surface area contributed by atoms with Crippen molar-refractivity contribution in [3.63, 3.8) is 0 Å². The van der Waals surface area contributed by atoms with E-state index in [1.807, 2.05) is 64.2 Å². The Balaban J connectivity index is 1.27. The van der Waals surface area contributed by atoms with Crippen LogP contribution in [0.25, 0.3) is 50.4 Å². The predicted molar refractivity (Wildman–Crippen MR) is 203 cm³/mol. The van der Waals surface area contributed by atoms with Crippen molar-refractivity contribution < 1.29 is 4.42 Å². The minimum atomic E-state index is -0.448. The highest BCUT2D eigenvalue weighted by Crippen LogP contribution is 2.38. The molecule has 0 fully saturated rings. The number of benzene rings is 4. The highest BCUT2D eigenvalue weighted by atomic mass is 16.4. The molecule has 3 heterocycles. The second kappa shape index (κ2) is 13.1. The summed E-state index contributed by atoms with van der Waals surface area (Å²) < 4.78 is 11.1. The van der Waals surface area contributed by atoms with Crippen molar-refractivity contribution in [1.29, 1.82) is 0 Å². The molecule has 3 aromatic heterocycles. The van der Waals surface area contributed by atoms with E-state index < -0.39 is 5.76 Å². The van der Waals surface area contributed by atoms with Crippen molar-refractivity contribution in [1.82, 2.24) is 24.1 Å². The van der Waals surface area contributed by atoms with Gasteiger partial charge in [0.1, 0.15) is 0 Å². The van der Waals surface area contributed by atoms with Crippen LogP contribution < -0.4 is 5.76 Å². The molecule has 7 heteroatoms. The van der Waals surface area contributed by atoms with Gasteiger partial charge in [-0.3, -0.25) is 0 Å². The monoisotopic (exact) mass is 663 g/mol. The lowest BCUT2D eigenvalue weighted by Crippen LogP contribution is -2.12. The van der Waals surface area contributed by atoms with Crippen molar-refractivity contribution in [2.75, 3.05) is 0 Å². The van der Waals surface area contributed by atoms with Crippen molar-refractivity contribution >= 4 is 11.1 Å². The summed E-state index contributed by atoms with van der Waals surface area (Å²) in [5, 5.41) is 9.56. The fourth-order valence-corrected chi connectivity index (χ4v) is 7.12. The topological polar surface area (TPSA) is 70.8 Å². The first-order chi connectivity index (χ1) is 24.0. The van der Waals surface area contributed by atoms with Gasteiger partial charge in [0.2, 0.25) is 0 Å². The summed E-state index contributed by atoms with van der Waals surface area (Å²) in [7, 11) is 0. The zero-order valence-corrected chi connectivity index (χ0v) is 30.2. The fourth-order valence-electron chi connectivity index (χ4n) is 7.12. The minimum absolute atomic E-state index is 0.376. The van der Waals surface area contributed by atoms with E-state index in [9.17, 15) is 4.79 Å². The molecule has 0 atom stereocenters. The molecule has 0 spiro atoms. The molecular weight excluding hydrogens is 619 g/mol. The SMILES string of the molecule is CC(C)c1cccc(C(C)C)c1-c1cnn(-c2cccc(-n3c(=O)oc4ccc(-n5cc(-c6c(C(C)C)cccc6C(C)C)cn5)cc43)c2)c1. The second-order valence-corrected chi connectivity index (χ2v) is 14.5. The second-order valence-electron chi connectivity index (χ2n) is 14.5. The Morgan fingerprint density at radius 3 is 1.46 bits per heavy atom. The Bertz CT molecular complexity index is 2330. The van der Waals surface area contributed by atoms with Gasteiger partial charge in [0.05, 0.1) is 35.0 Å². The lowest BCUT2D eigenvalue weighted by Gasteiger charge is -2.18. The van der Waals surface area contributed by atoms with Crippen LogP contribution in [0, 0.1) is 0 Å². The van der Waals surface area contributed by atoms with E-state index in [1.165, 1.54) is 33.4 Å². The van der Waals surface area contributed by atoms with E-state index in [0.29, 0.717) is 40.5 Å². The van der Waals surface area contributed by atoms with Crippen molar-refractivity contribution in [2.45, 2.75) is 79.1 Å². The Kier molecular flexibility index (Phi) is 8.68. The van der Waals surface area contributed by atoms with E-state index >= 15 is 0 Å². The van der Waals surface area contributed by atoms with Gasteiger partial charge in [-0.1, -0.05) is 97.9 Å². The van der Waals surface area contributed by atoms with Gasteiger partial charge in [-0.25, -0.2) is 18.7 Å². The number of aromatic nitrogens is 5. The van der Waals surface area contributed by atoms with Crippen molar-refractivity contribution in [3.05, 3.63) is 136 Å². The van der Waals surface area contributed by atoms with Crippen LogP contribution in [0.5, 0.6) is 0 Å². The molecule has 0 saturated carbocycles. The standard InChI is InChI=1S/C43H45N5O2/c1-26(2)35-14-10-15-36(27(3)4)41(35)30-22-44-46(24-30)32-12-9-13-34(20-32)48-39-21-33(18-19-40(39)50-43(48)49)47-25-31(23-45-47)42-37(28(5)6)16-11-17-38(42)29(7)8/h9-29H,1-8H3. The minimum Gasteiger partial charge on any atom is -0.407 e. The van der Waals surface area contributed by atoms with Gasteiger partial charge in [-0.15, -0.1) is 0 Å². The number of oxazole rings is 1. The van der Waals surface area contributed by atoms with E-state index in [0.717, 1.165) is 22.5 Å². The summed E-state index contributed by atoms with van der Waals surface area (Å²) in [5.41, 5.74) is 13.4. The van der Waals surface area contributed by atoms with Crippen LogP contribution in [0.3, 0.4) is 0 Å². The summed E-state index contributed by atoms with van der Waals surface area (Å²) in [4.78, 5) is 13.4. The lowest BCUT2D eigenvalue weighted by atomic mass is 9.86. The van der Waals surface area contributed by atoms with E-state index in [-0.39, 0.29) is 0 Å². The molecule has 0 unspecified atom stereocenters. The zero-order valence-electron chi connectivity index (χ0n) is 30.2. The van der Waals surface area contributed by atoms with Gasteiger partial charge in [0.15, 0.2) is 5.58 Å². The molecule has 254 valence electrons. The Labute approximate surface area is 293 Å². The summed E-state index contributed by atoms with van der Waals surface area (Å²) >= 11 is 0. The Morgan fingerprint density at radius 1 is 0.540 bits per heavy atom. The molecular formula is C43H45N5O2. The maximum Gasteiger partial charge on any atom is 0.424 e. The van der Waals surface area contributed by atoms with Crippen molar-refractivity contribution in [2.24, 2.45) is 0 Å². The molecule has 0 radical (unpaired) electrons. The summed E-state index contributed by atoms with van der Waals surface area (Å²) in [5.74, 6) is 1.06. The average Bonchev–Trinajstić information content (AvgIpc) is 3.86. The number of rotatable bonds is 9. The number of nitrogens with zero attached hydrogens (tertiary/aromatic N) is 5. The molecule has 0 bridgehead atoms. The average molecular weight is 664 g/mol. The van der Waals surface area contributed by atoms with Crippen LogP contribution in [-0.2, 0) is 0 Å². The third-order valence-electron chi connectivity index (χ3n) is 9.67. The van der Waals surface area contributed by atoms with Gasteiger partial charge in [-0.05, 0) is 93.5 Å². The first-order valence-electron chi connectivity index (χ1n) is 17.6. The van der Waals surface area contributed by atoms with Gasteiger partial charge in [-0.2, -0.15) is 10.2 Å². The van der Waals surface area contributed by atoms with Crippen LogP contribution >= 0.6 is 0 Å². The normalized spacial score (nSPS) is 12.0. The summed E-state index contributed by atoms with van der Waals surface area (Å²) in [6, 6.07) is 26.7. The molecule has 7 nitrogen and oxygen atoms in total. The molecule has 0 aliphatic heterocycles. The third kappa shape index (κ3) is 5.91. The van der Waals surface area contributed by atoms with Crippen LogP contribution in [0.4, 0.5) is 0 Å². The van der Waals surface area contributed by atoms with Gasteiger partial charge < -0.3 is 4.42 Å². The molecule has 0 N–H and O–H groups in total. The molecule has 0 aliphatic rings. The fraction of sp³-hybridized carbons (Fsp3) is 0.279. The molecule has 0 amide bonds. The largest absolute Gasteiger partial charge is 0.424 e.